The standard InChI is InChI=1S/C17H20F3N3O2/c1-22-8-10-23(11-9-22)15(25)16(6-7-16)14(24)21-13-5-3-2-4-12(13)17(18,19)20/h2-5H,6-11H2,1H3,(H,21,24). The fourth-order valence-electron chi connectivity index (χ4n) is 3.06. The second-order valence-corrected chi connectivity index (χ2v) is 6.68. The number of alkyl halides is 3. The number of rotatable bonds is 3. The molecule has 1 aromatic carbocycles. The highest BCUT2D eigenvalue weighted by Crippen LogP contribution is 2.48. The third kappa shape index (κ3) is 3.49. The van der Waals surface area contributed by atoms with Gasteiger partial charge in [0.05, 0.1) is 11.3 Å². The highest BCUT2D eigenvalue weighted by molar-refractivity contribution is 6.13. The minimum absolute atomic E-state index is 0.275. The molecule has 3 rings (SSSR count). The molecule has 2 fully saturated rings. The molecule has 0 bridgehead atoms. The van der Waals surface area contributed by atoms with Crippen molar-refractivity contribution >= 4 is 17.5 Å². The lowest BCUT2D eigenvalue weighted by molar-refractivity contribution is -0.143. The smallest absolute Gasteiger partial charge is 0.339 e. The highest BCUT2D eigenvalue weighted by Gasteiger charge is 2.58. The summed E-state index contributed by atoms with van der Waals surface area (Å²) in [4.78, 5) is 29.0. The number of anilines is 1. The van der Waals surface area contributed by atoms with Crippen LogP contribution in [0.3, 0.4) is 0 Å². The molecule has 1 saturated heterocycles. The molecule has 8 heteroatoms. The predicted octanol–water partition coefficient (Wildman–Crippen LogP) is 2.20. The third-order valence-electron chi connectivity index (χ3n) is 4.87. The van der Waals surface area contributed by atoms with Crippen molar-refractivity contribution in [2.24, 2.45) is 5.41 Å². The monoisotopic (exact) mass is 355 g/mol. The van der Waals surface area contributed by atoms with Gasteiger partial charge in [0.15, 0.2) is 0 Å². The first-order valence-electron chi connectivity index (χ1n) is 8.20. The average molecular weight is 355 g/mol. The van der Waals surface area contributed by atoms with E-state index < -0.39 is 23.1 Å². The quantitative estimate of drug-likeness (QED) is 0.846. The van der Waals surface area contributed by atoms with Crippen LogP contribution in [0.1, 0.15) is 18.4 Å². The van der Waals surface area contributed by atoms with Crippen LogP contribution >= 0.6 is 0 Å². The SMILES string of the molecule is CN1CCN(C(=O)C2(C(=O)Nc3ccccc3C(F)(F)F)CC2)CC1. The van der Waals surface area contributed by atoms with E-state index in [1.807, 2.05) is 7.05 Å². The van der Waals surface area contributed by atoms with Crippen LogP contribution in [-0.2, 0) is 15.8 Å². The van der Waals surface area contributed by atoms with Crippen LogP contribution in [-0.4, -0.2) is 54.8 Å². The summed E-state index contributed by atoms with van der Waals surface area (Å²) in [6.07, 6.45) is -3.82. The zero-order chi connectivity index (χ0) is 18.2. The molecule has 0 unspecified atom stereocenters. The summed E-state index contributed by atoms with van der Waals surface area (Å²) in [5.41, 5.74) is -2.43. The lowest BCUT2D eigenvalue weighted by Gasteiger charge is -2.34. The minimum atomic E-state index is -4.57. The topological polar surface area (TPSA) is 52.7 Å². The van der Waals surface area contributed by atoms with Crippen molar-refractivity contribution in [3.63, 3.8) is 0 Å². The minimum Gasteiger partial charge on any atom is -0.339 e. The van der Waals surface area contributed by atoms with E-state index in [2.05, 4.69) is 10.2 Å². The van der Waals surface area contributed by atoms with Gasteiger partial charge in [0.1, 0.15) is 5.41 Å². The van der Waals surface area contributed by atoms with E-state index in [0.717, 1.165) is 19.2 Å². The summed E-state index contributed by atoms with van der Waals surface area (Å²) < 4.78 is 39.2. The van der Waals surface area contributed by atoms with E-state index in [9.17, 15) is 22.8 Å². The van der Waals surface area contributed by atoms with Crippen molar-refractivity contribution in [1.82, 2.24) is 9.80 Å². The lowest BCUT2D eigenvalue weighted by Crippen LogP contribution is -2.51. The first kappa shape index (κ1) is 17.7. The highest BCUT2D eigenvalue weighted by atomic mass is 19.4. The zero-order valence-electron chi connectivity index (χ0n) is 13.9. The van der Waals surface area contributed by atoms with Crippen LogP contribution in [0.2, 0.25) is 0 Å². The molecule has 0 aromatic heterocycles. The molecule has 2 amide bonds. The summed E-state index contributed by atoms with van der Waals surface area (Å²) in [7, 11) is 1.95. The molecule has 5 nitrogen and oxygen atoms in total. The van der Waals surface area contributed by atoms with Crippen molar-refractivity contribution in [2.75, 3.05) is 38.5 Å². The Kier molecular flexibility index (Phi) is 4.49. The second kappa shape index (κ2) is 6.33. The Morgan fingerprint density at radius 1 is 1.08 bits per heavy atom. The van der Waals surface area contributed by atoms with Crippen molar-refractivity contribution < 1.29 is 22.8 Å². The lowest BCUT2D eigenvalue weighted by atomic mass is 10.0. The van der Waals surface area contributed by atoms with Gasteiger partial charge in [-0.2, -0.15) is 13.2 Å². The number of hydrogen-bond acceptors (Lipinski definition) is 3. The third-order valence-corrected chi connectivity index (χ3v) is 4.87. The number of nitrogens with one attached hydrogen (secondary N) is 1. The van der Waals surface area contributed by atoms with Crippen LogP contribution in [0, 0.1) is 5.41 Å². The fourth-order valence-corrected chi connectivity index (χ4v) is 3.06. The number of piperazine rings is 1. The van der Waals surface area contributed by atoms with Crippen LogP contribution < -0.4 is 5.32 Å². The Balaban J connectivity index is 1.74. The largest absolute Gasteiger partial charge is 0.418 e. The average Bonchev–Trinajstić information content (AvgIpc) is 3.36. The Morgan fingerprint density at radius 2 is 1.68 bits per heavy atom. The van der Waals surface area contributed by atoms with Gasteiger partial charge >= 0.3 is 6.18 Å². The molecular formula is C17H20F3N3O2. The van der Waals surface area contributed by atoms with Gasteiger partial charge in [0.2, 0.25) is 11.8 Å². The molecule has 136 valence electrons. The molecule has 1 saturated carbocycles. The van der Waals surface area contributed by atoms with Gasteiger partial charge in [0.25, 0.3) is 0 Å². The Morgan fingerprint density at radius 3 is 2.24 bits per heavy atom. The number of nitrogens with zero attached hydrogens (tertiary/aromatic N) is 2. The van der Waals surface area contributed by atoms with Gasteiger partial charge in [-0.25, -0.2) is 0 Å². The van der Waals surface area contributed by atoms with Gasteiger partial charge in [-0.3, -0.25) is 9.59 Å². The Bertz CT molecular complexity index is 678. The maximum absolute atomic E-state index is 13.1. The number of carbonyl (C=O) groups excluding carboxylic acids is 2. The van der Waals surface area contributed by atoms with E-state index in [0.29, 0.717) is 25.9 Å². The normalized spacial score (nSPS) is 20.2. The number of halogens is 3. The maximum atomic E-state index is 13.1. The molecule has 0 spiro atoms. The number of likely N-dealkylation sites (N-methyl/N-ethyl adjacent to an activating group) is 1. The van der Waals surface area contributed by atoms with E-state index in [-0.39, 0.29) is 11.6 Å². The molecule has 1 aromatic rings. The summed E-state index contributed by atoms with van der Waals surface area (Å²) in [5, 5.41) is 2.33. The molecule has 2 aliphatic rings. The predicted molar refractivity (Wildman–Crippen MR) is 85.8 cm³/mol. The summed E-state index contributed by atoms with van der Waals surface area (Å²) in [6, 6.07) is 4.81. The van der Waals surface area contributed by atoms with Crippen molar-refractivity contribution in [3.8, 4) is 0 Å². The number of amides is 2. The molecular weight excluding hydrogens is 335 g/mol. The van der Waals surface area contributed by atoms with Crippen LogP contribution in [0.15, 0.2) is 24.3 Å². The van der Waals surface area contributed by atoms with E-state index in [1.54, 1.807) is 4.90 Å². The summed E-state index contributed by atoms with van der Waals surface area (Å²) in [6.45, 7) is 2.51. The fraction of sp³-hybridized carbons (Fsp3) is 0.529. The van der Waals surface area contributed by atoms with Gasteiger partial charge in [-0.05, 0) is 32.0 Å². The van der Waals surface area contributed by atoms with E-state index >= 15 is 0 Å². The number of para-hydroxylation sites is 1. The summed E-state index contributed by atoms with van der Waals surface area (Å²) in [5.74, 6) is -0.921. The van der Waals surface area contributed by atoms with Gasteiger partial charge in [0, 0.05) is 26.2 Å². The van der Waals surface area contributed by atoms with Gasteiger partial charge in [-0.15, -0.1) is 0 Å². The van der Waals surface area contributed by atoms with Crippen molar-refractivity contribution in [2.45, 2.75) is 19.0 Å². The molecule has 0 atom stereocenters. The van der Waals surface area contributed by atoms with Gasteiger partial charge in [-0.1, -0.05) is 12.1 Å². The van der Waals surface area contributed by atoms with E-state index in [4.69, 9.17) is 0 Å². The Labute approximate surface area is 143 Å². The first-order chi connectivity index (χ1) is 11.7. The van der Waals surface area contributed by atoms with Crippen molar-refractivity contribution in [1.29, 1.82) is 0 Å². The zero-order valence-corrected chi connectivity index (χ0v) is 13.9. The number of benzene rings is 1. The van der Waals surface area contributed by atoms with Crippen LogP contribution in [0.4, 0.5) is 18.9 Å². The Hall–Kier alpha value is -2.09. The molecule has 0 radical (unpaired) electrons. The molecule has 25 heavy (non-hydrogen) atoms. The number of carbonyl (C=O) groups is 2. The van der Waals surface area contributed by atoms with Gasteiger partial charge < -0.3 is 15.1 Å². The first-order valence-corrected chi connectivity index (χ1v) is 8.20. The maximum Gasteiger partial charge on any atom is 0.418 e. The van der Waals surface area contributed by atoms with Crippen LogP contribution in [0.25, 0.3) is 0 Å². The van der Waals surface area contributed by atoms with Crippen molar-refractivity contribution in [3.05, 3.63) is 29.8 Å². The molecule has 1 N–H and O–H groups in total. The molecule has 1 aliphatic carbocycles. The molecule has 1 heterocycles. The van der Waals surface area contributed by atoms with Crippen LogP contribution in [0.5, 0.6) is 0 Å². The molecule has 1 aliphatic heterocycles. The summed E-state index contributed by atoms with van der Waals surface area (Å²) >= 11 is 0. The second-order valence-electron chi connectivity index (χ2n) is 6.68. The van der Waals surface area contributed by atoms with E-state index in [1.165, 1.54) is 18.2 Å². The number of hydrogen-bond donors (Lipinski definition) is 1.